The van der Waals surface area contributed by atoms with Crippen molar-refractivity contribution in [3.05, 3.63) is 58.6 Å². The van der Waals surface area contributed by atoms with E-state index in [0.29, 0.717) is 5.56 Å². The Labute approximate surface area is 164 Å². The van der Waals surface area contributed by atoms with Crippen LogP contribution in [0.25, 0.3) is 11.5 Å². The van der Waals surface area contributed by atoms with Gasteiger partial charge in [0.15, 0.2) is 9.84 Å². The maximum atomic E-state index is 12.3. The highest BCUT2D eigenvalue weighted by Crippen LogP contribution is 2.22. The van der Waals surface area contributed by atoms with Crippen molar-refractivity contribution in [3.8, 4) is 11.5 Å². The summed E-state index contributed by atoms with van der Waals surface area (Å²) in [7, 11) is -3.54. The van der Waals surface area contributed by atoms with Gasteiger partial charge in [-0.1, -0.05) is 38.7 Å². The zero-order chi connectivity index (χ0) is 19.4. The molecule has 3 rings (SSSR count). The Balaban J connectivity index is 1.59. The van der Waals surface area contributed by atoms with Crippen LogP contribution in [0.2, 0.25) is 0 Å². The van der Waals surface area contributed by atoms with Crippen LogP contribution in [0.1, 0.15) is 12.0 Å². The van der Waals surface area contributed by atoms with Crippen LogP contribution in [0.5, 0.6) is 0 Å². The van der Waals surface area contributed by atoms with Crippen LogP contribution in [0.4, 0.5) is 6.01 Å². The fourth-order valence-electron chi connectivity index (χ4n) is 2.26. The van der Waals surface area contributed by atoms with Gasteiger partial charge in [0.1, 0.15) is 0 Å². The predicted molar refractivity (Wildman–Crippen MR) is 104 cm³/mol. The number of halogens is 1. The molecular formula is C18H16BrN3O4S. The molecule has 0 bridgehead atoms. The highest BCUT2D eigenvalue weighted by molar-refractivity contribution is 9.10. The van der Waals surface area contributed by atoms with Gasteiger partial charge >= 0.3 is 6.01 Å². The second-order valence-corrected chi connectivity index (χ2v) is 8.87. The number of rotatable bonds is 6. The van der Waals surface area contributed by atoms with E-state index in [1.54, 1.807) is 24.3 Å². The summed E-state index contributed by atoms with van der Waals surface area (Å²) < 4.78 is 30.9. The van der Waals surface area contributed by atoms with Crippen molar-refractivity contribution >= 4 is 37.7 Å². The van der Waals surface area contributed by atoms with Crippen LogP contribution in [0.3, 0.4) is 0 Å². The monoisotopic (exact) mass is 449 g/mol. The third kappa shape index (κ3) is 5.01. The standard InChI is InChI=1S/C18H16BrN3O4S/c1-12-2-8-15(9-3-12)27(24,25)11-10-16(23)20-18-22-21-17(26-18)13-4-6-14(19)7-5-13/h2-9H,10-11H2,1H3,(H,20,22,23). The molecule has 140 valence electrons. The van der Waals surface area contributed by atoms with Crippen molar-refractivity contribution in [1.82, 2.24) is 10.2 Å². The van der Waals surface area contributed by atoms with Crippen molar-refractivity contribution in [2.75, 3.05) is 11.1 Å². The molecule has 0 aliphatic carbocycles. The van der Waals surface area contributed by atoms with Crippen molar-refractivity contribution in [1.29, 1.82) is 0 Å². The second kappa shape index (κ2) is 8.01. The minimum Gasteiger partial charge on any atom is -0.403 e. The molecule has 2 aromatic carbocycles. The van der Waals surface area contributed by atoms with Crippen LogP contribution in [-0.2, 0) is 14.6 Å². The Morgan fingerprint density at radius 3 is 2.41 bits per heavy atom. The van der Waals surface area contributed by atoms with E-state index < -0.39 is 15.7 Å². The molecule has 7 nitrogen and oxygen atoms in total. The molecule has 1 amide bonds. The molecule has 3 aromatic rings. The van der Waals surface area contributed by atoms with Crippen LogP contribution >= 0.6 is 15.9 Å². The average Bonchev–Trinajstić information content (AvgIpc) is 3.09. The zero-order valence-corrected chi connectivity index (χ0v) is 16.7. The highest BCUT2D eigenvalue weighted by atomic mass is 79.9. The molecule has 0 atom stereocenters. The summed E-state index contributed by atoms with van der Waals surface area (Å²) in [4.78, 5) is 12.2. The Bertz CT molecular complexity index is 1040. The molecule has 27 heavy (non-hydrogen) atoms. The quantitative estimate of drug-likeness (QED) is 0.616. The smallest absolute Gasteiger partial charge is 0.322 e. The van der Waals surface area contributed by atoms with Crippen LogP contribution < -0.4 is 5.32 Å². The third-order valence-corrected chi connectivity index (χ3v) is 6.00. The lowest BCUT2D eigenvalue weighted by Gasteiger charge is -2.04. The summed E-state index contributed by atoms with van der Waals surface area (Å²) in [6.45, 7) is 1.87. The molecule has 0 saturated heterocycles. The summed E-state index contributed by atoms with van der Waals surface area (Å²) in [5.41, 5.74) is 1.66. The van der Waals surface area contributed by atoms with Gasteiger partial charge in [-0.25, -0.2) is 8.42 Å². The topological polar surface area (TPSA) is 102 Å². The van der Waals surface area contributed by atoms with E-state index in [-0.39, 0.29) is 29.0 Å². The third-order valence-electron chi connectivity index (χ3n) is 3.74. The summed E-state index contributed by atoms with van der Waals surface area (Å²) in [5.74, 6) is -0.572. The van der Waals surface area contributed by atoms with Crippen molar-refractivity contribution in [3.63, 3.8) is 0 Å². The Kier molecular flexibility index (Phi) is 5.71. The SMILES string of the molecule is Cc1ccc(S(=O)(=O)CCC(=O)Nc2nnc(-c3ccc(Br)cc3)o2)cc1. The molecule has 1 N–H and O–H groups in total. The van der Waals surface area contributed by atoms with Gasteiger partial charge in [-0.15, -0.1) is 5.10 Å². The largest absolute Gasteiger partial charge is 0.403 e. The van der Waals surface area contributed by atoms with Crippen LogP contribution in [0.15, 0.2) is 62.3 Å². The van der Waals surface area contributed by atoms with Gasteiger partial charge in [0, 0.05) is 16.5 Å². The van der Waals surface area contributed by atoms with Gasteiger partial charge in [0.05, 0.1) is 10.6 Å². The Hall–Kier alpha value is -2.52. The number of aromatic nitrogens is 2. The van der Waals surface area contributed by atoms with Gasteiger partial charge in [-0.05, 0) is 43.3 Å². The molecule has 0 radical (unpaired) electrons. The Morgan fingerprint density at radius 1 is 1.07 bits per heavy atom. The van der Waals surface area contributed by atoms with Crippen LogP contribution in [0, 0.1) is 6.92 Å². The van der Waals surface area contributed by atoms with Crippen molar-refractivity contribution < 1.29 is 17.6 Å². The molecule has 0 aliphatic heterocycles. The van der Waals surface area contributed by atoms with Gasteiger partial charge in [0.25, 0.3) is 0 Å². The summed E-state index contributed by atoms with van der Waals surface area (Å²) in [6, 6.07) is 13.7. The second-order valence-electron chi connectivity index (χ2n) is 5.85. The van der Waals surface area contributed by atoms with E-state index in [0.717, 1.165) is 10.0 Å². The first-order chi connectivity index (χ1) is 12.8. The fraction of sp³-hybridized carbons (Fsp3) is 0.167. The molecule has 0 spiro atoms. The lowest BCUT2D eigenvalue weighted by Crippen LogP contribution is -2.17. The lowest BCUT2D eigenvalue weighted by molar-refractivity contribution is -0.115. The first-order valence-electron chi connectivity index (χ1n) is 8.02. The summed E-state index contributed by atoms with van der Waals surface area (Å²) >= 11 is 3.34. The van der Waals surface area contributed by atoms with E-state index in [1.165, 1.54) is 12.1 Å². The van der Waals surface area contributed by atoms with Crippen molar-refractivity contribution in [2.45, 2.75) is 18.2 Å². The fourth-order valence-corrected chi connectivity index (χ4v) is 3.76. The van der Waals surface area contributed by atoms with Crippen molar-refractivity contribution in [2.24, 2.45) is 0 Å². The molecular weight excluding hydrogens is 434 g/mol. The minimum absolute atomic E-state index is 0.0781. The minimum atomic E-state index is -3.54. The first kappa shape index (κ1) is 19.2. The number of amides is 1. The number of anilines is 1. The molecule has 0 saturated carbocycles. The molecule has 0 aliphatic rings. The Morgan fingerprint density at radius 2 is 1.74 bits per heavy atom. The molecule has 1 aromatic heterocycles. The number of aryl methyl sites for hydroxylation is 1. The number of carbonyl (C=O) groups is 1. The zero-order valence-electron chi connectivity index (χ0n) is 14.3. The van der Waals surface area contributed by atoms with Gasteiger partial charge < -0.3 is 4.42 Å². The number of nitrogens with zero attached hydrogens (tertiary/aromatic N) is 2. The molecule has 1 heterocycles. The normalized spacial score (nSPS) is 11.3. The maximum Gasteiger partial charge on any atom is 0.322 e. The highest BCUT2D eigenvalue weighted by Gasteiger charge is 2.18. The maximum absolute atomic E-state index is 12.3. The average molecular weight is 450 g/mol. The number of carbonyl (C=O) groups excluding carboxylic acids is 1. The predicted octanol–water partition coefficient (Wildman–Crippen LogP) is 3.61. The molecule has 0 unspecified atom stereocenters. The summed E-state index contributed by atoms with van der Waals surface area (Å²) in [5, 5.41) is 10.1. The van der Waals surface area contributed by atoms with E-state index in [1.807, 2.05) is 19.1 Å². The molecule has 9 heteroatoms. The van der Waals surface area contributed by atoms with E-state index in [2.05, 4.69) is 31.4 Å². The number of sulfone groups is 1. The number of nitrogens with one attached hydrogen (secondary N) is 1. The number of benzene rings is 2. The van der Waals surface area contributed by atoms with Gasteiger partial charge in [0.2, 0.25) is 11.8 Å². The molecule has 0 fully saturated rings. The summed E-state index contributed by atoms with van der Waals surface area (Å²) in [6.07, 6.45) is -0.216. The van der Waals surface area contributed by atoms with Gasteiger partial charge in [-0.2, -0.15) is 0 Å². The van der Waals surface area contributed by atoms with E-state index >= 15 is 0 Å². The van der Waals surface area contributed by atoms with E-state index in [9.17, 15) is 13.2 Å². The van der Waals surface area contributed by atoms with E-state index in [4.69, 9.17) is 4.42 Å². The lowest BCUT2D eigenvalue weighted by atomic mass is 10.2. The van der Waals surface area contributed by atoms with Gasteiger partial charge in [-0.3, -0.25) is 10.1 Å². The number of hydrogen-bond acceptors (Lipinski definition) is 6. The number of hydrogen-bond donors (Lipinski definition) is 1. The van der Waals surface area contributed by atoms with Crippen LogP contribution in [-0.4, -0.2) is 30.3 Å². The first-order valence-corrected chi connectivity index (χ1v) is 10.5.